The van der Waals surface area contributed by atoms with Gasteiger partial charge >= 0.3 is 0 Å². The number of hydrogen-bond donors (Lipinski definition) is 1. The molecule has 0 atom stereocenters. The van der Waals surface area contributed by atoms with E-state index in [0.29, 0.717) is 22.8 Å². The molecule has 0 unspecified atom stereocenters. The highest BCUT2D eigenvalue weighted by Gasteiger charge is 2.33. The Kier molecular flexibility index (Phi) is 5.56. The summed E-state index contributed by atoms with van der Waals surface area (Å²) in [5.41, 5.74) is 1.40. The van der Waals surface area contributed by atoms with E-state index in [0.717, 1.165) is 54.3 Å². The van der Waals surface area contributed by atoms with Crippen LogP contribution >= 0.6 is 22.9 Å². The van der Waals surface area contributed by atoms with Crippen LogP contribution in [0.3, 0.4) is 0 Å². The summed E-state index contributed by atoms with van der Waals surface area (Å²) in [6.07, 6.45) is 6.60. The van der Waals surface area contributed by atoms with E-state index in [1.165, 1.54) is 10.9 Å². The highest BCUT2D eigenvalue weighted by Crippen LogP contribution is 2.34. The highest BCUT2D eigenvalue weighted by atomic mass is 35.5. The van der Waals surface area contributed by atoms with Crippen molar-refractivity contribution in [1.29, 1.82) is 0 Å². The molecule has 2 aromatic heterocycles. The minimum absolute atomic E-state index is 0.0740. The molecule has 1 fully saturated rings. The van der Waals surface area contributed by atoms with Crippen LogP contribution in [-0.2, 0) is 30.6 Å². The summed E-state index contributed by atoms with van der Waals surface area (Å²) in [5.74, 6) is 0.0585. The fourth-order valence-electron chi connectivity index (χ4n) is 4.36. The van der Waals surface area contributed by atoms with E-state index >= 15 is 0 Å². The van der Waals surface area contributed by atoms with Crippen molar-refractivity contribution in [1.82, 2.24) is 14.9 Å². The number of benzene rings is 1. The monoisotopic (exact) mass is 459 g/mol. The maximum Gasteiger partial charge on any atom is 0.259 e. The molecule has 5 rings (SSSR count). The minimum atomic E-state index is -0.399. The lowest BCUT2D eigenvalue weighted by molar-refractivity contribution is -0.132. The number of halogens is 2. The van der Waals surface area contributed by atoms with Crippen LogP contribution in [0.2, 0.25) is 5.02 Å². The third-order valence-corrected chi connectivity index (χ3v) is 7.69. The number of carbonyl (C=O) groups excluding carboxylic acids is 1. The number of aromatic nitrogens is 2. The molecule has 0 saturated heterocycles. The summed E-state index contributed by atoms with van der Waals surface area (Å²) in [6, 6.07) is 4.69. The molecule has 2 aliphatic rings. The normalized spacial score (nSPS) is 15.8. The molecule has 2 heterocycles. The van der Waals surface area contributed by atoms with Crippen molar-refractivity contribution < 1.29 is 9.18 Å². The molecule has 1 amide bonds. The molecular formula is C23H23ClFN3O2S. The van der Waals surface area contributed by atoms with Crippen LogP contribution in [0.25, 0.3) is 10.2 Å². The molecule has 0 bridgehead atoms. The Labute approximate surface area is 188 Å². The zero-order valence-corrected chi connectivity index (χ0v) is 18.6. The molecule has 8 heteroatoms. The lowest BCUT2D eigenvalue weighted by Gasteiger charge is -2.23. The van der Waals surface area contributed by atoms with E-state index < -0.39 is 5.82 Å². The number of rotatable bonds is 6. The average Bonchev–Trinajstić information content (AvgIpc) is 3.51. The first kappa shape index (κ1) is 20.6. The zero-order chi connectivity index (χ0) is 21.5. The van der Waals surface area contributed by atoms with Crippen LogP contribution in [0, 0.1) is 5.82 Å². The van der Waals surface area contributed by atoms with E-state index in [9.17, 15) is 14.0 Å². The summed E-state index contributed by atoms with van der Waals surface area (Å²) >= 11 is 7.77. The van der Waals surface area contributed by atoms with Gasteiger partial charge in [-0.3, -0.25) is 9.59 Å². The van der Waals surface area contributed by atoms with Crippen molar-refractivity contribution in [3.8, 4) is 0 Å². The molecule has 31 heavy (non-hydrogen) atoms. The zero-order valence-electron chi connectivity index (χ0n) is 17.0. The fraction of sp³-hybridized carbons (Fsp3) is 0.435. The van der Waals surface area contributed by atoms with Gasteiger partial charge in [0.1, 0.15) is 16.5 Å². The molecule has 5 nitrogen and oxygen atoms in total. The van der Waals surface area contributed by atoms with Gasteiger partial charge in [0.25, 0.3) is 5.56 Å². The van der Waals surface area contributed by atoms with Gasteiger partial charge in [-0.05, 0) is 56.2 Å². The van der Waals surface area contributed by atoms with E-state index in [2.05, 4.69) is 9.97 Å². The first-order chi connectivity index (χ1) is 15.0. The summed E-state index contributed by atoms with van der Waals surface area (Å²) in [5, 5.41) is 1.06. The Morgan fingerprint density at radius 2 is 2.10 bits per heavy atom. The average molecular weight is 460 g/mol. The molecule has 2 aliphatic carbocycles. The number of nitrogens with one attached hydrogen (secondary N) is 1. The Bertz CT molecular complexity index is 1200. The minimum Gasteiger partial charge on any atom is -0.335 e. The second-order valence-corrected chi connectivity index (χ2v) is 9.85. The van der Waals surface area contributed by atoms with E-state index in [1.54, 1.807) is 28.4 Å². The van der Waals surface area contributed by atoms with E-state index in [-0.39, 0.29) is 30.5 Å². The predicted octanol–water partition coefficient (Wildman–Crippen LogP) is 4.78. The van der Waals surface area contributed by atoms with Crippen LogP contribution < -0.4 is 5.56 Å². The summed E-state index contributed by atoms with van der Waals surface area (Å²) in [6.45, 7) is 0.162. The predicted molar refractivity (Wildman–Crippen MR) is 120 cm³/mol. The van der Waals surface area contributed by atoms with Crippen molar-refractivity contribution in [2.75, 3.05) is 0 Å². The van der Waals surface area contributed by atoms with Gasteiger partial charge in [-0.15, -0.1) is 11.3 Å². The number of thiophene rings is 1. The van der Waals surface area contributed by atoms with Crippen LogP contribution in [0.4, 0.5) is 4.39 Å². The number of H-pyrrole nitrogens is 1. The molecule has 1 aromatic carbocycles. The quantitative estimate of drug-likeness (QED) is 0.576. The van der Waals surface area contributed by atoms with Crippen LogP contribution in [0.5, 0.6) is 0 Å². The summed E-state index contributed by atoms with van der Waals surface area (Å²) in [7, 11) is 0. The van der Waals surface area contributed by atoms with Gasteiger partial charge in [0.05, 0.1) is 11.9 Å². The van der Waals surface area contributed by atoms with Crippen LogP contribution in [0.1, 0.15) is 53.9 Å². The van der Waals surface area contributed by atoms with Gasteiger partial charge in [-0.2, -0.15) is 0 Å². The first-order valence-corrected chi connectivity index (χ1v) is 12.0. The second kappa shape index (κ2) is 8.36. The number of nitrogens with zero attached hydrogens (tertiary/aromatic N) is 2. The van der Waals surface area contributed by atoms with Crippen LogP contribution in [0.15, 0.2) is 23.0 Å². The third-order valence-electron chi connectivity index (χ3n) is 6.15. The molecule has 1 N–H and O–H groups in total. The van der Waals surface area contributed by atoms with Crippen molar-refractivity contribution in [2.45, 2.75) is 64.0 Å². The fourth-order valence-corrected chi connectivity index (χ4v) is 5.86. The number of aryl methyl sites for hydroxylation is 3. The van der Waals surface area contributed by atoms with Crippen molar-refractivity contribution >= 4 is 39.1 Å². The van der Waals surface area contributed by atoms with Gasteiger partial charge in [0.15, 0.2) is 0 Å². The number of hydrogen-bond acceptors (Lipinski definition) is 4. The Balaban J connectivity index is 1.33. The Morgan fingerprint density at radius 1 is 1.29 bits per heavy atom. The molecule has 0 spiro atoms. The standard InChI is InChI=1S/C23H23ClFN3O2S/c24-16-5-3-6-17(25)15(16)12-28(13-8-9-13)20(29)11-10-19-26-22(30)21-14-4-1-2-7-18(14)31-23(21)27-19/h3,5-6,13H,1-2,4,7-12H2,(H,26,27,30). The molecule has 1 saturated carbocycles. The first-order valence-electron chi connectivity index (χ1n) is 10.8. The summed E-state index contributed by atoms with van der Waals surface area (Å²) < 4.78 is 14.2. The van der Waals surface area contributed by atoms with Crippen LogP contribution in [-0.4, -0.2) is 26.8 Å². The van der Waals surface area contributed by atoms with Crippen molar-refractivity contribution in [3.63, 3.8) is 0 Å². The van der Waals surface area contributed by atoms with Gasteiger partial charge < -0.3 is 9.88 Å². The van der Waals surface area contributed by atoms with E-state index in [4.69, 9.17) is 11.6 Å². The van der Waals surface area contributed by atoms with Gasteiger partial charge in [-0.1, -0.05) is 17.7 Å². The molecule has 162 valence electrons. The van der Waals surface area contributed by atoms with Crippen molar-refractivity contribution in [2.24, 2.45) is 0 Å². The van der Waals surface area contributed by atoms with E-state index in [1.807, 2.05) is 0 Å². The highest BCUT2D eigenvalue weighted by molar-refractivity contribution is 7.18. The number of aromatic amines is 1. The topological polar surface area (TPSA) is 66.1 Å². The number of fused-ring (bicyclic) bond motifs is 3. The number of amides is 1. The molecule has 3 aromatic rings. The lowest BCUT2D eigenvalue weighted by atomic mass is 9.97. The molecular weight excluding hydrogens is 437 g/mol. The van der Waals surface area contributed by atoms with Gasteiger partial charge in [-0.25, -0.2) is 9.37 Å². The summed E-state index contributed by atoms with van der Waals surface area (Å²) in [4.78, 5) is 37.0. The Morgan fingerprint density at radius 3 is 2.87 bits per heavy atom. The van der Waals surface area contributed by atoms with Crippen molar-refractivity contribution in [3.05, 3.63) is 61.2 Å². The molecule has 0 radical (unpaired) electrons. The smallest absolute Gasteiger partial charge is 0.259 e. The SMILES string of the molecule is O=C(CCc1nc2sc3c(c2c(=O)[nH]1)CCCC3)N(Cc1c(F)cccc1Cl)C1CC1. The second-order valence-electron chi connectivity index (χ2n) is 8.36. The third kappa shape index (κ3) is 4.13. The maximum absolute atomic E-state index is 14.2. The number of carbonyl (C=O) groups is 1. The maximum atomic E-state index is 14.2. The molecule has 0 aliphatic heterocycles. The lowest BCUT2D eigenvalue weighted by Crippen LogP contribution is -2.33. The largest absolute Gasteiger partial charge is 0.335 e. The van der Waals surface area contributed by atoms with Gasteiger partial charge in [0.2, 0.25) is 5.91 Å². The van der Waals surface area contributed by atoms with Gasteiger partial charge in [0, 0.05) is 34.3 Å². The Hall–Kier alpha value is -2.25.